The Labute approximate surface area is 136 Å². The van der Waals surface area contributed by atoms with E-state index in [1.54, 1.807) is 14.0 Å². The molecule has 0 N–H and O–H groups in total. The third kappa shape index (κ3) is 3.36. The normalized spacial score (nSPS) is 19.4. The Morgan fingerprint density at radius 3 is 2.39 bits per heavy atom. The van der Waals surface area contributed by atoms with Gasteiger partial charge in [0.2, 0.25) is 0 Å². The van der Waals surface area contributed by atoms with E-state index in [2.05, 4.69) is 0 Å². The fourth-order valence-electron chi connectivity index (χ4n) is 3.02. The second-order valence-electron chi connectivity index (χ2n) is 5.40. The lowest BCUT2D eigenvalue weighted by atomic mass is 9.89. The van der Waals surface area contributed by atoms with E-state index in [4.69, 9.17) is 9.47 Å². The van der Waals surface area contributed by atoms with Crippen LogP contribution in [0.2, 0.25) is 0 Å². The Bertz CT molecular complexity index is 665. The van der Waals surface area contributed by atoms with E-state index < -0.39 is 5.97 Å². The minimum atomic E-state index is -0.473. The van der Waals surface area contributed by atoms with Gasteiger partial charge in [0, 0.05) is 17.6 Å². The van der Waals surface area contributed by atoms with Crippen LogP contribution >= 0.6 is 0 Å². The van der Waals surface area contributed by atoms with Crippen LogP contribution in [0.4, 0.5) is 0 Å². The summed E-state index contributed by atoms with van der Waals surface area (Å²) in [5.41, 5.74) is 3.23. The van der Waals surface area contributed by atoms with E-state index in [1.807, 2.05) is 38.1 Å². The predicted octanol–water partition coefficient (Wildman–Crippen LogP) is 3.58. The number of ether oxygens (including phenoxy) is 2. The number of esters is 1. The lowest BCUT2D eigenvalue weighted by molar-refractivity contribution is -0.137. The molecule has 122 valence electrons. The molecular formula is C19H22O4. The molecule has 1 aliphatic rings. The fraction of sp³-hybridized carbons (Fsp3) is 0.368. The highest BCUT2D eigenvalue weighted by atomic mass is 16.5. The molecule has 0 aromatic heterocycles. The summed E-state index contributed by atoms with van der Waals surface area (Å²) < 4.78 is 10.1. The zero-order valence-corrected chi connectivity index (χ0v) is 14.0. The number of carbonyl (C=O) groups is 2. The van der Waals surface area contributed by atoms with Crippen LogP contribution in [-0.2, 0) is 14.3 Å². The van der Waals surface area contributed by atoms with Crippen molar-refractivity contribution in [3.8, 4) is 5.75 Å². The Kier molecular flexibility index (Phi) is 5.37. The van der Waals surface area contributed by atoms with Crippen LogP contribution in [-0.4, -0.2) is 25.5 Å². The van der Waals surface area contributed by atoms with E-state index in [0.717, 1.165) is 22.5 Å². The van der Waals surface area contributed by atoms with E-state index >= 15 is 0 Å². The Morgan fingerprint density at radius 2 is 1.87 bits per heavy atom. The number of allylic oxidation sites excluding steroid dienone is 3. The van der Waals surface area contributed by atoms with E-state index in [-0.39, 0.29) is 18.3 Å². The average molecular weight is 314 g/mol. The van der Waals surface area contributed by atoms with Gasteiger partial charge in [0.1, 0.15) is 5.75 Å². The monoisotopic (exact) mass is 314 g/mol. The third-order valence-electron chi connectivity index (χ3n) is 4.12. The summed E-state index contributed by atoms with van der Waals surface area (Å²) in [6.45, 7) is 5.94. The number of ketones is 1. The molecule has 1 aromatic carbocycles. The van der Waals surface area contributed by atoms with Gasteiger partial charge in [0.15, 0.2) is 5.78 Å². The highest BCUT2D eigenvalue weighted by Gasteiger charge is 2.35. The first-order valence-corrected chi connectivity index (χ1v) is 7.80. The topological polar surface area (TPSA) is 52.6 Å². The molecule has 2 rings (SSSR count). The van der Waals surface area contributed by atoms with Crippen molar-refractivity contribution < 1.29 is 19.1 Å². The maximum atomic E-state index is 12.6. The molecule has 1 unspecified atom stereocenters. The standard InChI is InChI=1S/C19H22O4/c1-5-15-12(3)18(13-7-9-14(22-4)10-8-13)16(19(15)21)11-17(20)23-6-2/h7-11,18H,5-6H2,1-4H3/b16-11+. The minimum absolute atomic E-state index is 0.0566. The molecule has 4 nitrogen and oxygen atoms in total. The van der Waals surface area contributed by atoms with Crippen molar-refractivity contribution in [3.05, 3.63) is 52.6 Å². The van der Waals surface area contributed by atoms with Crippen molar-refractivity contribution in [3.63, 3.8) is 0 Å². The van der Waals surface area contributed by atoms with Crippen LogP contribution in [0.25, 0.3) is 0 Å². The molecular weight excluding hydrogens is 292 g/mol. The summed E-state index contributed by atoms with van der Waals surface area (Å²) in [5, 5.41) is 0. The number of hydrogen-bond acceptors (Lipinski definition) is 4. The predicted molar refractivity (Wildman–Crippen MR) is 88.4 cm³/mol. The number of methoxy groups -OCH3 is 1. The largest absolute Gasteiger partial charge is 0.497 e. The molecule has 0 aliphatic heterocycles. The molecule has 4 heteroatoms. The molecule has 1 aliphatic carbocycles. The zero-order valence-electron chi connectivity index (χ0n) is 14.0. The fourth-order valence-corrected chi connectivity index (χ4v) is 3.02. The van der Waals surface area contributed by atoms with Crippen molar-refractivity contribution in [2.24, 2.45) is 0 Å². The second kappa shape index (κ2) is 7.27. The molecule has 1 aromatic rings. The summed E-state index contributed by atoms with van der Waals surface area (Å²) >= 11 is 0. The molecule has 0 heterocycles. The van der Waals surface area contributed by atoms with Crippen LogP contribution in [0.5, 0.6) is 5.75 Å². The zero-order chi connectivity index (χ0) is 17.0. The third-order valence-corrected chi connectivity index (χ3v) is 4.12. The molecule has 1 atom stereocenters. The van der Waals surface area contributed by atoms with Crippen LogP contribution < -0.4 is 4.74 Å². The van der Waals surface area contributed by atoms with E-state index in [1.165, 1.54) is 6.08 Å². The molecule has 23 heavy (non-hydrogen) atoms. The summed E-state index contributed by atoms with van der Waals surface area (Å²) in [7, 11) is 1.61. The van der Waals surface area contributed by atoms with Crippen molar-refractivity contribution in [2.45, 2.75) is 33.1 Å². The van der Waals surface area contributed by atoms with E-state index in [9.17, 15) is 9.59 Å². The summed E-state index contributed by atoms with van der Waals surface area (Å²) in [6.07, 6.45) is 1.99. The van der Waals surface area contributed by atoms with Gasteiger partial charge < -0.3 is 9.47 Å². The first-order valence-electron chi connectivity index (χ1n) is 7.80. The average Bonchev–Trinajstić information content (AvgIpc) is 2.78. The van der Waals surface area contributed by atoms with Crippen molar-refractivity contribution in [2.75, 3.05) is 13.7 Å². The van der Waals surface area contributed by atoms with Crippen molar-refractivity contribution in [1.82, 2.24) is 0 Å². The molecule has 0 spiro atoms. The number of benzene rings is 1. The minimum Gasteiger partial charge on any atom is -0.497 e. The van der Waals surface area contributed by atoms with Gasteiger partial charge in [0.05, 0.1) is 13.7 Å². The number of hydrogen-bond donors (Lipinski definition) is 0. The van der Waals surface area contributed by atoms with E-state index in [0.29, 0.717) is 12.0 Å². The summed E-state index contributed by atoms with van der Waals surface area (Å²) in [6, 6.07) is 7.58. The van der Waals surface area contributed by atoms with Gasteiger partial charge in [-0.15, -0.1) is 0 Å². The quantitative estimate of drug-likeness (QED) is 0.616. The van der Waals surface area contributed by atoms with Crippen LogP contribution in [0, 0.1) is 0 Å². The van der Waals surface area contributed by atoms with Crippen molar-refractivity contribution in [1.29, 1.82) is 0 Å². The number of carbonyl (C=O) groups excluding carboxylic acids is 2. The maximum Gasteiger partial charge on any atom is 0.331 e. The number of rotatable bonds is 5. The molecule has 0 saturated carbocycles. The van der Waals surface area contributed by atoms with Gasteiger partial charge in [0.25, 0.3) is 0 Å². The molecule has 0 fully saturated rings. The van der Waals surface area contributed by atoms with Gasteiger partial charge >= 0.3 is 5.97 Å². The lowest BCUT2D eigenvalue weighted by Gasteiger charge is -2.15. The molecule has 0 bridgehead atoms. The maximum absolute atomic E-state index is 12.6. The molecule has 0 saturated heterocycles. The van der Waals surface area contributed by atoms with Crippen LogP contribution in [0.3, 0.4) is 0 Å². The number of Topliss-reactive ketones (excluding diaryl/α,β-unsaturated/α-hetero) is 1. The lowest BCUT2D eigenvalue weighted by Crippen LogP contribution is -2.09. The molecule has 0 radical (unpaired) electrons. The first kappa shape index (κ1) is 17.0. The highest BCUT2D eigenvalue weighted by Crippen LogP contribution is 2.42. The van der Waals surface area contributed by atoms with Crippen molar-refractivity contribution >= 4 is 11.8 Å². The Morgan fingerprint density at radius 1 is 1.22 bits per heavy atom. The Hall–Kier alpha value is -2.36. The van der Waals surface area contributed by atoms with Gasteiger partial charge in [-0.05, 0) is 43.5 Å². The summed E-state index contributed by atoms with van der Waals surface area (Å²) in [4.78, 5) is 24.5. The summed E-state index contributed by atoms with van der Waals surface area (Å²) in [5.74, 6) is 0.0255. The van der Waals surface area contributed by atoms with Gasteiger partial charge in [-0.25, -0.2) is 4.79 Å². The molecule has 0 amide bonds. The van der Waals surface area contributed by atoms with Gasteiger partial charge in [-0.3, -0.25) is 4.79 Å². The Balaban J connectivity index is 2.47. The SMILES string of the molecule is CCOC(=O)/C=C1/C(=O)C(CC)=C(C)C1c1ccc(OC)cc1. The van der Waals surface area contributed by atoms with Crippen LogP contribution in [0.1, 0.15) is 38.7 Å². The second-order valence-corrected chi connectivity index (χ2v) is 5.40. The van der Waals surface area contributed by atoms with Gasteiger partial charge in [-0.2, -0.15) is 0 Å². The highest BCUT2D eigenvalue weighted by molar-refractivity contribution is 6.15. The van der Waals surface area contributed by atoms with Gasteiger partial charge in [-0.1, -0.05) is 24.6 Å². The first-order chi connectivity index (χ1) is 11.0. The smallest absolute Gasteiger partial charge is 0.331 e. The van der Waals surface area contributed by atoms with Crippen LogP contribution in [0.15, 0.2) is 47.1 Å².